The second-order valence-corrected chi connectivity index (χ2v) is 5.56. The number of carbonyl (C=O) groups excluding carboxylic acids is 1. The van der Waals surface area contributed by atoms with E-state index in [-0.39, 0.29) is 11.9 Å². The largest absolute Gasteiger partial charge is 0.489 e. The molecule has 3 heteroatoms. The SMILES string of the molecule is CCOC(=O)C=CC1Cc2ccc(OCc3ccccc3)cc21. The van der Waals surface area contributed by atoms with E-state index in [4.69, 9.17) is 9.47 Å². The Hall–Kier alpha value is -2.55. The zero-order chi connectivity index (χ0) is 16.1. The van der Waals surface area contributed by atoms with Crippen molar-refractivity contribution in [3.8, 4) is 5.75 Å². The highest BCUT2D eigenvalue weighted by Crippen LogP contribution is 2.38. The van der Waals surface area contributed by atoms with Gasteiger partial charge in [-0.15, -0.1) is 0 Å². The molecule has 2 aromatic carbocycles. The summed E-state index contributed by atoms with van der Waals surface area (Å²) in [6.45, 7) is 2.77. The third-order valence-electron chi connectivity index (χ3n) is 3.96. The highest BCUT2D eigenvalue weighted by molar-refractivity contribution is 5.82. The molecule has 1 aliphatic rings. The van der Waals surface area contributed by atoms with Gasteiger partial charge in [-0.1, -0.05) is 42.5 Å². The number of carbonyl (C=O) groups is 1. The molecule has 23 heavy (non-hydrogen) atoms. The van der Waals surface area contributed by atoms with Gasteiger partial charge >= 0.3 is 5.97 Å². The third-order valence-corrected chi connectivity index (χ3v) is 3.96. The average molecular weight is 308 g/mol. The third kappa shape index (κ3) is 3.81. The maximum atomic E-state index is 11.4. The maximum Gasteiger partial charge on any atom is 0.330 e. The molecule has 1 aliphatic carbocycles. The van der Waals surface area contributed by atoms with Crippen molar-refractivity contribution in [2.75, 3.05) is 6.61 Å². The van der Waals surface area contributed by atoms with Crippen LogP contribution in [-0.2, 0) is 22.6 Å². The molecule has 0 saturated carbocycles. The molecule has 1 unspecified atom stereocenters. The van der Waals surface area contributed by atoms with Gasteiger partial charge < -0.3 is 9.47 Å². The minimum Gasteiger partial charge on any atom is -0.489 e. The van der Waals surface area contributed by atoms with E-state index < -0.39 is 0 Å². The molecule has 0 bridgehead atoms. The lowest BCUT2D eigenvalue weighted by Gasteiger charge is -2.28. The Labute approximate surface area is 136 Å². The van der Waals surface area contributed by atoms with Gasteiger partial charge in [0.05, 0.1) is 6.61 Å². The standard InChI is InChI=1S/C20H20O3/c1-2-22-20(21)11-9-17-12-16-8-10-18(13-19(16)17)23-14-15-6-4-3-5-7-15/h3-11,13,17H,2,12,14H2,1H3. The molecule has 0 heterocycles. The summed E-state index contributed by atoms with van der Waals surface area (Å²) in [7, 11) is 0. The lowest BCUT2D eigenvalue weighted by molar-refractivity contribution is -0.137. The summed E-state index contributed by atoms with van der Waals surface area (Å²) in [5.41, 5.74) is 3.70. The molecule has 1 atom stereocenters. The fraction of sp³-hybridized carbons (Fsp3) is 0.250. The molecular weight excluding hydrogens is 288 g/mol. The highest BCUT2D eigenvalue weighted by atomic mass is 16.5. The summed E-state index contributed by atoms with van der Waals surface area (Å²) in [5.74, 6) is 0.856. The molecule has 0 amide bonds. The van der Waals surface area contributed by atoms with Crippen LogP contribution in [0.3, 0.4) is 0 Å². The highest BCUT2D eigenvalue weighted by Gasteiger charge is 2.24. The Morgan fingerprint density at radius 2 is 2.04 bits per heavy atom. The zero-order valence-electron chi connectivity index (χ0n) is 13.2. The minimum atomic E-state index is -0.280. The second kappa shape index (κ2) is 7.14. The van der Waals surface area contributed by atoms with Gasteiger partial charge in [-0.3, -0.25) is 0 Å². The number of ether oxygens (including phenoxy) is 2. The smallest absolute Gasteiger partial charge is 0.330 e. The van der Waals surface area contributed by atoms with Crippen molar-refractivity contribution in [1.29, 1.82) is 0 Å². The quantitative estimate of drug-likeness (QED) is 0.597. The lowest BCUT2D eigenvalue weighted by atomic mass is 9.77. The van der Waals surface area contributed by atoms with Crippen LogP contribution in [0, 0.1) is 0 Å². The molecule has 2 aromatic rings. The van der Waals surface area contributed by atoms with Crippen molar-refractivity contribution in [2.24, 2.45) is 0 Å². The summed E-state index contributed by atoms with van der Waals surface area (Å²) in [6.07, 6.45) is 4.40. The molecule has 3 nitrogen and oxygen atoms in total. The monoisotopic (exact) mass is 308 g/mol. The second-order valence-electron chi connectivity index (χ2n) is 5.56. The molecular formula is C20H20O3. The van der Waals surface area contributed by atoms with Crippen LogP contribution in [0.25, 0.3) is 0 Å². The van der Waals surface area contributed by atoms with Crippen LogP contribution < -0.4 is 4.74 Å². The summed E-state index contributed by atoms with van der Waals surface area (Å²) in [6, 6.07) is 16.3. The van der Waals surface area contributed by atoms with Crippen LogP contribution in [0.15, 0.2) is 60.7 Å². The summed E-state index contributed by atoms with van der Waals surface area (Å²) < 4.78 is 10.8. The maximum absolute atomic E-state index is 11.4. The first-order valence-electron chi connectivity index (χ1n) is 7.90. The van der Waals surface area contributed by atoms with E-state index in [1.807, 2.05) is 42.5 Å². The van der Waals surface area contributed by atoms with Crippen LogP contribution in [0.2, 0.25) is 0 Å². The molecule has 0 saturated heterocycles. The first-order chi connectivity index (χ1) is 11.3. The fourth-order valence-corrected chi connectivity index (χ4v) is 2.71. The van der Waals surface area contributed by atoms with Crippen LogP contribution in [0.5, 0.6) is 5.75 Å². The predicted octanol–water partition coefficient (Wildman–Crippen LogP) is 4.02. The van der Waals surface area contributed by atoms with Gasteiger partial charge in [-0.05, 0) is 42.2 Å². The van der Waals surface area contributed by atoms with Gasteiger partial charge in [0.1, 0.15) is 12.4 Å². The van der Waals surface area contributed by atoms with E-state index in [0.717, 1.165) is 17.7 Å². The summed E-state index contributed by atoms with van der Waals surface area (Å²) >= 11 is 0. The van der Waals surface area contributed by atoms with Crippen molar-refractivity contribution in [3.63, 3.8) is 0 Å². The van der Waals surface area contributed by atoms with Gasteiger partial charge in [0.25, 0.3) is 0 Å². The van der Waals surface area contributed by atoms with Gasteiger partial charge in [0.15, 0.2) is 0 Å². The number of fused-ring (bicyclic) bond motifs is 1. The van der Waals surface area contributed by atoms with Gasteiger partial charge in [0, 0.05) is 12.0 Å². The summed E-state index contributed by atoms with van der Waals surface area (Å²) in [5, 5.41) is 0. The van der Waals surface area contributed by atoms with Crippen LogP contribution in [0.1, 0.15) is 29.5 Å². The Kier molecular flexibility index (Phi) is 4.77. The van der Waals surface area contributed by atoms with Crippen LogP contribution >= 0.6 is 0 Å². The Bertz CT molecular complexity index is 704. The molecule has 0 aromatic heterocycles. The number of esters is 1. The van der Waals surface area contributed by atoms with E-state index >= 15 is 0 Å². The van der Waals surface area contributed by atoms with Crippen molar-refractivity contribution >= 4 is 5.97 Å². The Morgan fingerprint density at radius 3 is 2.83 bits per heavy atom. The topological polar surface area (TPSA) is 35.5 Å². The molecule has 3 rings (SSSR count). The van der Waals surface area contributed by atoms with Crippen LogP contribution in [-0.4, -0.2) is 12.6 Å². The number of benzene rings is 2. The van der Waals surface area contributed by atoms with E-state index in [1.165, 1.54) is 17.2 Å². The van der Waals surface area contributed by atoms with Crippen molar-refractivity contribution in [1.82, 2.24) is 0 Å². The lowest BCUT2D eigenvalue weighted by Crippen LogP contribution is -2.15. The van der Waals surface area contributed by atoms with E-state index in [1.54, 1.807) is 6.92 Å². The van der Waals surface area contributed by atoms with Gasteiger partial charge in [-0.25, -0.2) is 4.79 Å². The average Bonchev–Trinajstić information content (AvgIpc) is 2.56. The Balaban J connectivity index is 1.62. The normalized spacial score (nSPS) is 15.8. The first-order valence-corrected chi connectivity index (χ1v) is 7.90. The molecule has 0 aliphatic heterocycles. The van der Waals surface area contributed by atoms with Crippen molar-refractivity contribution in [2.45, 2.75) is 25.9 Å². The molecule has 0 spiro atoms. The summed E-state index contributed by atoms with van der Waals surface area (Å²) in [4.78, 5) is 11.4. The number of hydrogen-bond acceptors (Lipinski definition) is 3. The molecule has 0 fully saturated rings. The van der Waals surface area contributed by atoms with Crippen molar-refractivity contribution in [3.05, 3.63) is 77.4 Å². The van der Waals surface area contributed by atoms with Gasteiger partial charge in [0.2, 0.25) is 0 Å². The molecule has 118 valence electrons. The molecule has 0 radical (unpaired) electrons. The van der Waals surface area contributed by atoms with E-state index in [9.17, 15) is 4.79 Å². The predicted molar refractivity (Wildman–Crippen MR) is 89.4 cm³/mol. The minimum absolute atomic E-state index is 0.273. The van der Waals surface area contributed by atoms with E-state index in [2.05, 4.69) is 12.1 Å². The number of hydrogen-bond donors (Lipinski definition) is 0. The number of rotatable bonds is 6. The number of allylic oxidation sites excluding steroid dienone is 1. The van der Waals surface area contributed by atoms with E-state index in [0.29, 0.717) is 13.2 Å². The molecule has 0 N–H and O–H groups in total. The van der Waals surface area contributed by atoms with Crippen LogP contribution in [0.4, 0.5) is 0 Å². The van der Waals surface area contributed by atoms with Gasteiger partial charge in [-0.2, -0.15) is 0 Å². The van der Waals surface area contributed by atoms with Crippen molar-refractivity contribution < 1.29 is 14.3 Å². The zero-order valence-corrected chi connectivity index (χ0v) is 13.2. The Morgan fingerprint density at radius 1 is 1.22 bits per heavy atom. The first kappa shape index (κ1) is 15.3. The fourth-order valence-electron chi connectivity index (χ4n) is 2.71.